The Kier molecular flexibility index (Phi) is 5.81. The van der Waals surface area contributed by atoms with Crippen LogP contribution in [0, 0.1) is 15.9 Å². The number of halogens is 1. The van der Waals surface area contributed by atoms with Crippen LogP contribution in [-0.4, -0.2) is 31.3 Å². The van der Waals surface area contributed by atoms with Gasteiger partial charge in [0.2, 0.25) is 0 Å². The van der Waals surface area contributed by atoms with Crippen molar-refractivity contribution in [1.29, 1.82) is 0 Å². The van der Waals surface area contributed by atoms with Crippen LogP contribution < -0.4 is 0 Å². The van der Waals surface area contributed by atoms with Gasteiger partial charge in [0.25, 0.3) is 5.69 Å². The molecular weight excluding hydrogens is 309 g/mol. The van der Waals surface area contributed by atoms with E-state index in [-0.39, 0.29) is 30.0 Å². The Morgan fingerprint density at radius 3 is 2.36 bits per heavy atom. The third-order valence-electron chi connectivity index (χ3n) is 3.61. The Labute approximate surface area is 132 Å². The minimum atomic E-state index is -1.28. The van der Waals surface area contributed by atoms with Crippen molar-refractivity contribution in [1.82, 2.24) is 0 Å². The van der Waals surface area contributed by atoms with Crippen LogP contribution in [0.15, 0.2) is 18.2 Å². The Morgan fingerprint density at radius 1 is 1.32 bits per heavy atom. The summed E-state index contributed by atoms with van der Waals surface area (Å²) in [6.07, 6.45) is 0.174. The summed E-state index contributed by atoms with van der Waals surface area (Å²) in [6.45, 7) is 6.89. The Morgan fingerprint density at radius 2 is 1.91 bits per heavy atom. The van der Waals surface area contributed by atoms with E-state index in [1.54, 1.807) is 6.92 Å². The number of aliphatic hydroxyl groups excluding tert-OH is 1. The van der Waals surface area contributed by atoms with E-state index in [2.05, 4.69) is 0 Å². The average molecular weight is 331 g/mol. The van der Waals surface area contributed by atoms with Gasteiger partial charge in [-0.15, -0.1) is 0 Å². The summed E-state index contributed by atoms with van der Waals surface area (Å²) < 4.78 is 26.1. The lowest BCUT2D eigenvalue weighted by Gasteiger charge is -2.32. The zero-order valence-electron chi connectivity index (χ0n) is 13.3. The van der Waals surface area contributed by atoms with E-state index in [1.165, 1.54) is 6.07 Å². The molecule has 0 saturated carbocycles. The van der Waals surface area contributed by atoms with E-state index in [4.69, 9.17) is 0 Å². The molecule has 0 heterocycles. The summed E-state index contributed by atoms with van der Waals surface area (Å²) in [7, 11) is -1.28. The maximum Gasteiger partial charge on any atom is 0.269 e. The highest BCUT2D eigenvalue weighted by Crippen LogP contribution is 2.34. The molecule has 0 aliphatic rings. The lowest BCUT2D eigenvalue weighted by Crippen LogP contribution is -2.37. The molecule has 1 rings (SSSR count). The van der Waals surface area contributed by atoms with Gasteiger partial charge in [0.05, 0.1) is 4.92 Å². The van der Waals surface area contributed by atoms with E-state index in [0.29, 0.717) is 0 Å². The second kappa shape index (κ2) is 6.83. The maximum absolute atomic E-state index is 14.2. The van der Waals surface area contributed by atoms with Crippen molar-refractivity contribution in [3.63, 3.8) is 0 Å². The molecular formula is C15H22FNO4S. The summed E-state index contributed by atoms with van der Waals surface area (Å²) in [4.78, 5) is 10.3. The van der Waals surface area contributed by atoms with E-state index in [0.717, 1.165) is 12.1 Å². The molecule has 0 unspecified atom stereocenters. The first-order valence-corrected chi connectivity index (χ1v) is 8.27. The van der Waals surface area contributed by atoms with E-state index in [1.807, 2.05) is 20.8 Å². The molecule has 0 aromatic heterocycles. The smallest absolute Gasteiger partial charge is 0.269 e. The topological polar surface area (TPSA) is 80.4 Å². The highest BCUT2D eigenvalue weighted by Gasteiger charge is 2.35. The van der Waals surface area contributed by atoms with Gasteiger partial charge in [-0.1, -0.05) is 6.92 Å². The van der Waals surface area contributed by atoms with Gasteiger partial charge in [-0.2, -0.15) is 0 Å². The lowest BCUT2D eigenvalue weighted by molar-refractivity contribution is -0.385. The molecule has 0 aliphatic heterocycles. The van der Waals surface area contributed by atoms with Gasteiger partial charge in [0.1, 0.15) is 5.82 Å². The molecule has 124 valence electrons. The number of hydrogen-bond donors (Lipinski definition) is 1. The number of nitrogens with zero attached hydrogens (tertiary/aromatic N) is 1. The number of hydrogen-bond acceptors (Lipinski definition) is 4. The normalized spacial score (nSPS) is 16.1. The van der Waals surface area contributed by atoms with Crippen molar-refractivity contribution in [2.24, 2.45) is 0 Å². The van der Waals surface area contributed by atoms with Crippen LogP contribution in [0.3, 0.4) is 0 Å². The van der Waals surface area contributed by atoms with Crippen LogP contribution in [0.5, 0.6) is 0 Å². The van der Waals surface area contributed by atoms with Gasteiger partial charge < -0.3 is 5.11 Å². The van der Waals surface area contributed by atoms with Gasteiger partial charge in [0.15, 0.2) is 0 Å². The summed E-state index contributed by atoms with van der Waals surface area (Å²) in [5.74, 6) is -0.470. The summed E-state index contributed by atoms with van der Waals surface area (Å²) >= 11 is 0. The molecule has 0 fully saturated rings. The fourth-order valence-corrected chi connectivity index (χ4v) is 3.44. The number of aliphatic hydroxyl groups is 1. The van der Waals surface area contributed by atoms with Gasteiger partial charge in [-0.25, -0.2) is 4.39 Å². The largest absolute Gasteiger partial charge is 0.396 e. The predicted molar refractivity (Wildman–Crippen MR) is 84.9 cm³/mol. The molecule has 0 aliphatic carbocycles. The van der Waals surface area contributed by atoms with Crippen LogP contribution in [0.1, 0.15) is 39.7 Å². The SMILES string of the molecule is CC(C)(C)[S@](=O)C[C@@](C)(CCO)c1cc([N+](=O)[O-])ccc1F. The van der Waals surface area contributed by atoms with E-state index >= 15 is 0 Å². The van der Waals surface area contributed by atoms with Crippen LogP contribution >= 0.6 is 0 Å². The van der Waals surface area contributed by atoms with Gasteiger partial charge in [-0.05, 0) is 33.3 Å². The number of non-ortho nitro benzene ring substituents is 1. The average Bonchev–Trinajstić information content (AvgIpc) is 2.37. The zero-order chi connectivity index (χ0) is 17.1. The summed E-state index contributed by atoms with van der Waals surface area (Å²) in [6, 6.07) is 3.31. The summed E-state index contributed by atoms with van der Waals surface area (Å²) in [5.41, 5.74) is -1.04. The van der Waals surface area contributed by atoms with Gasteiger partial charge in [-0.3, -0.25) is 14.3 Å². The number of benzene rings is 1. The molecule has 22 heavy (non-hydrogen) atoms. The molecule has 1 aromatic carbocycles. The quantitative estimate of drug-likeness (QED) is 0.642. The van der Waals surface area contributed by atoms with Gasteiger partial charge >= 0.3 is 0 Å². The molecule has 0 spiro atoms. The molecule has 2 atom stereocenters. The first-order valence-electron chi connectivity index (χ1n) is 6.95. The maximum atomic E-state index is 14.2. The molecule has 0 amide bonds. The second-order valence-corrected chi connectivity index (χ2v) is 8.76. The highest BCUT2D eigenvalue weighted by atomic mass is 32.2. The Bertz CT molecular complexity index is 585. The third-order valence-corrected chi connectivity index (χ3v) is 5.87. The minimum absolute atomic E-state index is 0.119. The Hall–Kier alpha value is -1.34. The van der Waals surface area contributed by atoms with Crippen molar-refractivity contribution in [2.45, 2.75) is 44.3 Å². The standard InChI is InChI=1S/C15H22FNO4S/c1-14(2,3)22(21)10-15(4,7-8-18)12-9-11(17(19)20)5-6-13(12)16/h5-6,9,18H,7-8,10H2,1-4H3/t15-,22-/m1/s1. The molecule has 0 radical (unpaired) electrons. The minimum Gasteiger partial charge on any atom is -0.396 e. The highest BCUT2D eigenvalue weighted by molar-refractivity contribution is 7.86. The van der Waals surface area contributed by atoms with Crippen LogP contribution in [0.4, 0.5) is 10.1 Å². The van der Waals surface area contributed by atoms with Gasteiger partial charge in [0, 0.05) is 51.0 Å². The third kappa shape index (κ3) is 4.33. The van der Waals surface area contributed by atoms with Crippen LogP contribution in [0.25, 0.3) is 0 Å². The first kappa shape index (κ1) is 18.7. The van der Waals surface area contributed by atoms with Crippen molar-refractivity contribution >= 4 is 16.5 Å². The monoisotopic (exact) mass is 331 g/mol. The van der Waals surface area contributed by atoms with Crippen LogP contribution in [-0.2, 0) is 16.2 Å². The molecule has 5 nitrogen and oxygen atoms in total. The lowest BCUT2D eigenvalue weighted by atomic mass is 9.81. The molecule has 1 N–H and O–H groups in total. The fourth-order valence-electron chi connectivity index (χ4n) is 2.13. The van der Waals surface area contributed by atoms with E-state index < -0.39 is 31.7 Å². The number of nitro benzene ring substituents is 1. The summed E-state index contributed by atoms with van der Waals surface area (Å²) in [5, 5.41) is 20.2. The predicted octanol–water partition coefficient (Wildman–Crippen LogP) is 2.92. The van der Waals surface area contributed by atoms with Crippen molar-refractivity contribution in [3.8, 4) is 0 Å². The number of rotatable bonds is 6. The second-order valence-electron chi connectivity index (χ2n) is 6.56. The molecule has 1 aromatic rings. The molecule has 0 saturated heterocycles. The first-order chi connectivity index (χ1) is 10.0. The zero-order valence-corrected chi connectivity index (χ0v) is 14.1. The fraction of sp³-hybridized carbons (Fsp3) is 0.600. The van der Waals surface area contributed by atoms with Crippen LogP contribution in [0.2, 0.25) is 0 Å². The molecule has 0 bridgehead atoms. The van der Waals surface area contributed by atoms with E-state index in [9.17, 15) is 23.8 Å². The van der Waals surface area contributed by atoms with Crippen molar-refractivity contribution < 1.29 is 18.6 Å². The van der Waals surface area contributed by atoms with Crippen molar-refractivity contribution in [3.05, 3.63) is 39.7 Å². The number of nitro groups is 1. The Balaban J connectivity index is 3.32. The van der Waals surface area contributed by atoms with Crippen molar-refractivity contribution in [2.75, 3.05) is 12.4 Å². The molecule has 7 heteroatoms.